The first-order chi connectivity index (χ1) is 16.7. The van der Waals surface area contributed by atoms with Crippen LogP contribution in [0.2, 0.25) is 0 Å². The molecule has 0 unspecified atom stereocenters. The smallest absolute Gasteiger partial charge is 0.209 e. The van der Waals surface area contributed by atoms with Crippen LogP contribution in [0, 0.1) is 0 Å². The quantitative estimate of drug-likeness (QED) is 0.410. The summed E-state index contributed by atoms with van der Waals surface area (Å²) in [4.78, 5) is 0. The van der Waals surface area contributed by atoms with Crippen molar-refractivity contribution in [2.24, 2.45) is 0 Å². The van der Waals surface area contributed by atoms with Crippen molar-refractivity contribution in [3.8, 4) is 0 Å². The van der Waals surface area contributed by atoms with Gasteiger partial charge in [0.25, 0.3) is 0 Å². The van der Waals surface area contributed by atoms with Crippen molar-refractivity contribution in [2.75, 3.05) is 14.1 Å². The van der Waals surface area contributed by atoms with Crippen LogP contribution in [0.4, 0.5) is 5.69 Å². The van der Waals surface area contributed by atoms with Crippen molar-refractivity contribution in [3.05, 3.63) is 112 Å². The van der Waals surface area contributed by atoms with Crippen molar-refractivity contribution < 1.29 is 4.58 Å². The fraction of sp³-hybridized carbons (Fsp3) is 0.344. The van der Waals surface area contributed by atoms with Crippen LogP contribution in [-0.4, -0.2) is 24.4 Å². The number of para-hydroxylation sites is 1. The van der Waals surface area contributed by atoms with E-state index in [2.05, 4.69) is 124 Å². The van der Waals surface area contributed by atoms with Gasteiger partial charge in [0.15, 0.2) is 5.71 Å². The number of hydrogen-bond acceptors (Lipinski definition) is 1. The topological polar surface area (TPSA) is 15.0 Å². The second-order valence-electron chi connectivity index (χ2n) is 10.6. The van der Waals surface area contributed by atoms with Gasteiger partial charge in [-0.05, 0) is 55.9 Å². The Kier molecular flexibility index (Phi) is 7.24. The van der Waals surface area contributed by atoms with Gasteiger partial charge in [-0.3, -0.25) is 0 Å². The van der Waals surface area contributed by atoms with Crippen LogP contribution >= 0.6 is 11.6 Å². The van der Waals surface area contributed by atoms with Crippen molar-refractivity contribution in [1.82, 2.24) is 5.32 Å². The molecule has 2 nitrogen and oxygen atoms in total. The van der Waals surface area contributed by atoms with Crippen molar-refractivity contribution >= 4 is 23.0 Å². The summed E-state index contributed by atoms with van der Waals surface area (Å²) in [5.41, 5.74) is 8.69. The number of allylic oxidation sites excluding steroid dienone is 8. The second-order valence-corrected chi connectivity index (χ2v) is 11.0. The number of hydrogen-bond donors (Lipinski definition) is 1. The molecular formula is C32H38ClN2+. The molecule has 2 aliphatic rings. The van der Waals surface area contributed by atoms with Gasteiger partial charge in [-0.1, -0.05) is 86.1 Å². The molecule has 0 fully saturated rings. The van der Waals surface area contributed by atoms with Crippen LogP contribution in [0.25, 0.3) is 0 Å². The van der Waals surface area contributed by atoms with Gasteiger partial charge in [0.2, 0.25) is 5.69 Å². The van der Waals surface area contributed by atoms with E-state index in [0.29, 0.717) is 0 Å². The lowest BCUT2D eigenvalue weighted by atomic mass is 9.80. The first kappa shape index (κ1) is 25.3. The lowest BCUT2D eigenvalue weighted by Gasteiger charge is -2.28. The molecule has 0 spiro atoms. The molecule has 3 heteroatoms. The fourth-order valence-corrected chi connectivity index (χ4v) is 5.80. The van der Waals surface area contributed by atoms with Crippen LogP contribution in [-0.2, 0) is 10.8 Å². The highest BCUT2D eigenvalue weighted by atomic mass is 35.5. The number of halogens is 1. The maximum absolute atomic E-state index is 6.98. The normalized spacial score (nSPS) is 19.6. The van der Waals surface area contributed by atoms with Gasteiger partial charge in [0, 0.05) is 40.9 Å². The summed E-state index contributed by atoms with van der Waals surface area (Å²) in [5.74, 6) is 0. The Morgan fingerprint density at radius 3 is 2.37 bits per heavy atom. The zero-order valence-electron chi connectivity index (χ0n) is 22.0. The van der Waals surface area contributed by atoms with Crippen molar-refractivity contribution in [1.29, 1.82) is 0 Å². The zero-order valence-corrected chi connectivity index (χ0v) is 22.7. The van der Waals surface area contributed by atoms with Crippen LogP contribution < -0.4 is 5.32 Å². The number of nitrogens with zero attached hydrogens (tertiary/aromatic N) is 1. The minimum atomic E-state index is -0.120. The van der Waals surface area contributed by atoms with Gasteiger partial charge in [-0.25, -0.2) is 0 Å². The Morgan fingerprint density at radius 1 is 1.00 bits per heavy atom. The Hall–Kier alpha value is -2.84. The number of likely N-dealkylation sites (N-methyl/N-ethyl adjacent to an activating group) is 1. The molecule has 0 saturated heterocycles. The summed E-state index contributed by atoms with van der Waals surface area (Å²) in [7, 11) is 4.16. The second kappa shape index (κ2) is 10.0. The van der Waals surface area contributed by atoms with Crippen molar-refractivity contribution in [3.63, 3.8) is 0 Å². The molecule has 0 radical (unpaired) electrons. The highest BCUT2D eigenvalue weighted by Gasteiger charge is 2.42. The Balaban J connectivity index is 1.63. The molecule has 0 saturated carbocycles. The number of fused-ring (bicyclic) bond motifs is 1. The summed E-state index contributed by atoms with van der Waals surface area (Å²) in [6, 6.07) is 19.3. The summed E-state index contributed by atoms with van der Waals surface area (Å²) >= 11 is 6.98. The van der Waals surface area contributed by atoms with E-state index >= 15 is 0 Å². The van der Waals surface area contributed by atoms with Gasteiger partial charge < -0.3 is 5.32 Å². The molecule has 1 aliphatic carbocycles. The first-order valence-corrected chi connectivity index (χ1v) is 13.0. The molecule has 2 aromatic rings. The van der Waals surface area contributed by atoms with E-state index in [-0.39, 0.29) is 10.8 Å². The lowest BCUT2D eigenvalue weighted by Crippen LogP contribution is -2.28. The van der Waals surface area contributed by atoms with E-state index in [9.17, 15) is 0 Å². The minimum Gasteiger partial charge on any atom is -0.391 e. The fourth-order valence-electron chi connectivity index (χ4n) is 5.49. The molecule has 0 aromatic heterocycles. The van der Waals surface area contributed by atoms with Gasteiger partial charge in [-0.2, -0.15) is 4.58 Å². The van der Waals surface area contributed by atoms with E-state index in [0.717, 1.165) is 24.3 Å². The van der Waals surface area contributed by atoms with Crippen molar-refractivity contribution in [2.45, 2.75) is 57.8 Å². The standard InChI is InChI=1S/C32H37ClN2/c1-31(2,25-15-8-7-9-16-25)28(34-5)21-19-23-13-12-14-24(30(23)33)20-22-29-32(3,4)26-17-10-11-18-27(26)35(29)6/h7-11,15-22H,12-14H2,1-6H3/p+1. The van der Waals surface area contributed by atoms with Gasteiger partial charge in [0.1, 0.15) is 7.05 Å². The first-order valence-electron chi connectivity index (χ1n) is 12.6. The van der Waals surface area contributed by atoms with E-state index in [1.54, 1.807) is 0 Å². The van der Waals surface area contributed by atoms with Crippen LogP contribution in [0.3, 0.4) is 0 Å². The average Bonchev–Trinajstić information content (AvgIpc) is 3.05. The molecule has 1 N–H and O–H groups in total. The van der Waals surface area contributed by atoms with Crippen LogP contribution in [0.15, 0.2) is 101 Å². The summed E-state index contributed by atoms with van der Waals surface area (Å²) < 4.78 is 2.31. The predicted octanol–water partition coefficient (Wildman–Crippen LogP) is 7.93. The predicted molar refractivity (Wildman–Crippen MR) is 151 cm³/mol. The number of rotatable bonds is 6. The molecule has 1 aliphatic heterocycles. The molecule has 4 rings (SSSR count). The monoisotopic (exact) mass is 485 g/mol. The summed E-state index contributed by atoms with van der Waals surface area (Å²) in [6.45, 7) is 9.11. The average molecular weight is 486 g/mol. The molecule has 182 valence electrons. The molecule has 1 heterocycles. The third-order valence-electron chi connectivity index (χ3n) is 7.73. The molecule has 35 heavy (non-hydrogen) atoms. The highest BCUT2D eigenvalue weighted by molar-refractivity contribution is 6.32. The number of benzene rings is 2. The van der Waals surface area contributed by atoms with E-state index < -0.39 is 0 Å². The highest BCUT2D eigenvalue weighted by Crippen LogP contribution is 2.40. The Labute approximate surface area is 216 Å². The molecule has 0 atom stereocenters. The number of nitrogens with one attached hydrogen (secondary N) is 1. The van der Waals surface area contributed by atoms with Crippen LogP contribution in [0.1, 0.15) is 58.1 Å². The minimum absolute atomic E-state index is 0.0321. The van der Waals surface area contributed by atoms with E-state index in [1.807, 2.05) is 7.05 Å². The largest absolute Gasteiger partial charge is 0.391 e. The molecule has 2 aromatic carbocycles. The van der Waals surface area contributed by atoms with Gasteiger partial charge >= 0.3 is 0 Å². The SMILES string of the molecule is CN/C(=C/C=C1\CCCC(/C=C/C2=[N+](C)c3ccccc3C2(C)C)=C1Cl)C(C)(C)c1ccccc1. The third-order valence-corrected chi connectivity index (χ3v) is 8.21. The van der Waals surface area contributed by atoms with Crippen LogP contribution in [0.5, 0.6) is 0 Å². The summed E-state index contributed by atoms with van der Waals surface area (Å²) in [6.07, 6.45) is 12.1. The third kappa shape index (κ3) is 4.82. The maximum Gasteiger partial charge on any atom is 0.209 e. The van der Waals surface area contributed by atoms with E-state index in [4.69, 9.17) is 11.6 Å². The maximum atomic E-state index is 6.98. The Morgan fingerprint density at radius 2 is 1.69 bits per heavy atom. The van der Waals surface area contributed by atoms with E-state index in [1.165, 1.54) is 39.4 Å². The lowest BCUT2D eigenvalue weighted by molar-refractivity contribution is -0.401. The molecule has 0 bridgehead atoms. The Bertz CT molecular complexity index is 1250. The summed E-state index contributed by atoms with van der Waals surface area (Å²) in [5, 5.41) is 4.32. The zero-order chi connectivity index (χ0) is 25.2. The van der Waals surface area contributed by atoms with Gasteiger partial charge in [-0.15, -0.1) is 0 Å². The molecule has 0 amide bonds. The van der Waals surface area contributed by atoms with Gasteiger partial charge in [0.05, 0.1) is 5.41 Å². The molecular weight excluding hydrogens is 448 g/mol.